The summed E-state index contributed by atoms with van der Waals surface area (Å²) < 4.78 is 6.55. The van der Waals surface area contributed by atoms with Crippen LogP contribution in [0, 0.1) is 0 Å². The first-order valence-corrected chi connectivity index (χ1v) is 7.27. The molecule has 2 rings (SSSR count). The van der Waals surface area contributed by atoms with Crippen LogP contribution in [0.1, 0.15) is 31.2 Å². The van der Waals surface area contributed by atoms with Gasteiger partial charge in [0.15, 0.2) is 0 Å². The monoisotopic (exact) mass is 317 g/mol. The molecule has 0 N–H and O–H groups in total. The highest BCUT2D eigenvalue weighted by Crippen LogP contribution is 2.32. The molecule has 0 spiro atoms. The predicted molar refractivity (Wildman–Crippen MR) is 72.4 cm³/mol. The molecule has 0 radical (unpaired) electrons. The van der Waals surface area contributed by atoms with Gasteiger partial charge in [-0.1, -0.05) is 0 Å². The zero-order valence-electron chi connectivity index (χ0n) is 10.2. The summed E-state index contributed by atoms with van der Waals surface area (Å²) in [5.74, 6) is 0. The number of fused-ring (bicyclic) bond motifs is 1. The largest absolute Gasteiger partial charge is 0.444 e. The number of carbonyl (C=O) groups is 1. The van der Waals surface area contributed by atoms with Gasteiger partial charge >= 0.3 is 6.09 Å². The van der Waals surface area contributed by atoms with Crippen molar-refractivity contribution in [1.29, 1.82) is 0 Å². The number of halogens is 1. The predicted octanol–water partition coefficient (Wildman–Crippen LogP) is 3.80. The van der Waals surface area contributed by atoms with Crippen LogP contribution in [0.5, 0.6) is 0 Å². The second-order valence-electron chi connectivity index (χ2n) is 5.14. The standard InChI is InChI=1S/C12H16BrNO2S/c1-12(2,3)16-11(15)14-5-4-8-9(13)7-17-10(8)6-14/h7H,4-6H2,1-3H3. The minimum Gasteiger partial charge on any atom is -0.444 e. The molecule has 0 aliphatic carbocycles. The van der Waals surface area contributed by atoms with E-state index in [0.717, 1.165) is 13.0 Å². The van der Waals surface area contributed by atoms with Crippen LogP contribution in [0.25, 0.3) is 0 Å². The van der Waals surface area contributed by atoms with Crippen molar-refractivity contribution in [3.63, 3.8) is 0 Å². The molecule has 17 heavy (non-hydrogen) atoms. The van der Waals surface area contributed by atoms with Gasteiger partial charge in [-0.05, 0) is 48.7 Å². The molecule has 3 nitrogen and oxygen atoms in total. The minimum atomic E-state index is -0.423. The molecule has 0 atom stereocenters. The molecule has 1 amide bonds. The van der Waals surface area contributed by atoms with Gasteiger partial charge in [0, 0.05) is 21.3 Å². The number of thiophene rings is 1. The van der Waals surface area contributed by atoms with Gasteiger partial charge in [-0.25, -0.2) is 4.79 Å². The molecule has 0 fully saturated rings. The lowest BCUT2D eigenvalue weighted by Gasteiger charge is -2.30. The Balaban J connectivity index is 2.05. The van der Waals surface area contributed by atoms with E-state index in [-0.39, 0.29) is 6.09 Å². The second kappa shape index (κ2) is 4.61. The first kappa shape index (κ1) is 12.9. The SMILES string of the molecule is CC(C)(C)OC(=O)N1CCc2c(Br)csc2C1. The third kappa shape index (κ3) is 3.01. The highest BCUT2D eigenvalue weighted by molar-refractivity contribution is 9.10. The lowest BCUT2D eigenvalue weighted by atomic mass is 10.1. The van der Waals surface area contributed by atoms with Gasteiger partial charge in [0.05, 0.1) is 6.54 Å². The van der Waals surface area contributed by atoms with Crippen LogP contribution in [0.15, 0.2) is 9.85 Å². The molecule has 1 aromatic rings. The molecule has 1 aliphatic rings. The first-order chi connectivity index (χ1) is 7.87. The van der Waals surface area contributed by atoms with E-state index in [9.17, 15) is 4.79 Å². The average molecular weight is 318 g/mol. The molecule has 2 heterocycles. The molecule has 94 valence electrons. The topological polar surface area (TPSA) is 29.5 Å². The van der Waals surface area contributed by atoms with E-state index in [1.807, 2.05) is 20.8 Å². The molecule has 0 aromatic carbocycles. The Kier molecular flexibility index (Phi) is 3.50. The number of rotatable bonds is 0. The Hall–Kier alpha value is -0.550. The molecule has 5 heteroatoms. The van der Waals surface area contributed by atoms with Crippen molar-refractivity contribution in [3.8, 4) is 0 Å². The summed E-state index contributed by atoms with van der Waals surface area (Å²) in [5.41, 5.74) is 0.919. The molecular formula is C12H16BrNO2S. The van der Waals surface area contributed by atoms with E-state index < -0.39 is 5.60 Å². The first-order valence-electron chi connectivity index (χ1n) is 5.59. The van der Waals surface area contributed by atoms with Crippen molar-refractivity contribution < 1.29 is 9.53 Å². The van der Waals surface area contributed by atoms with Crippen molar-refractivity contribution in [3.05, 3.63) is 20.3 Å². The van der Waals surface area contributed by atoms with Crippen molar-refractivity contribution in [2.75, 3.05) is 6.54 Å². The molecule has 0 bridgehead atoms. The van der Waals surface area contributed by atoms with Crippen molar-refractivity contribution in [2.24, 2.45) is 0 Å². The van der Waals surface area contributed by atoms with E-state index in [4.69, 9.17) is 4.74 Å². The lowest BCUT2D eigenvalue weighted by molar-refractivity contribution is 0.0226. The molecule has 0 saturated heterocycles. The molecule has 0 unspecified atom stereocenters. The summed E-state index contributed by atoms with van der Waals surface area (Å²) in [5, 5.41) is 2.09. The van der Waals surface area contributed by atoms with Crippen LogP contribution in [0.2, 0.25) is 0 Å². The zero-order valence-corrected chi connectivity index (χ0v) is 12.7. The smallest absolute Gasteiger partial charge is 0.410 e. The number of ether oxygens (including phenoxy) is 1. The van der Waals surface area contributed by atoms with E-state index in [2.05, 4.69) is 21.3 Å². The quantitative estimate of drug-likeness (QED) is 0.728. The van der Waals surface area contributed by atoms with Gasteiger partial charge in [0.2, 0.25) is 0 Å². The fourth-order valence-corrected chi connectivity index (χ4v) is 3.59. The Bertz CT molecular complexity index is 436. The van der Waals surface area contributed by atoms with Crippen LogP contribution >= 0.6 is 27.3 Å². The second-order valence-corrected chi connectivity index (χ2v) is 6.96. The maximum absolute atomic E-state index is 11.9. The van der Waals surface area contributed by atoms with Crippen molar-refractivity contribution in [2.45, 2.75) is 39.3 Å². The number of carbonyl (C=O) groups excluding carboxylic acids is 1. The van der Waals surface area contributed by atoms with Gasteiger partial charge in [0.1, 0.15) is 5.60 Å². The van der Waals surface area contributed by atoms with Gasteiger partial charge in [-0.3, -0.25) is 0 Å². The summed E-state index contributed by atoms with van der Waals surface area (Å²) in [6, 6.07) is 0. The Morgan fingerprint density at radius 2 is 2.24 bits per heavy atom. The number of hydrogen-bond acceptors (Lipinski definition) is 3. The average Bonchev–Trinajstić information content (AvgIpc) is 2.57. The van der Waals surface area contributed by atoms with Crippen LogP contribution in [0.4, 0.5) is 4.79 Å². The summed E-state index contributed by atoms with van der Waals surface area (Å²) in [7, 11) is 0. The van der Waals surface area contributed by atoms with Gasteiger partial charge in [0.25, 0.3) is 0 Å². The normalized spacial score (nSPS) is 15.6. The fraction of sp³-hybridized carbons (Fsp3) is 0.583. The molecule has 1 aliphatic heterocycles. The minimum absolute atomic E-state index is 0.215. The Morgan fingerprint density at radius 1 is 1.53 bits per heavy atom. The summed E-state index contributed by atoms with van der Waals surface area (Å²) in [4.78, 5) is 15.0. The van der Waals surface area contributed by atoms with Gasteiger partial charge < -0.3 is 9.64 Å². The molecular weight excluding hydrogens is 302 g/mol. The van der Waals surface area contributed by atoms with Crippen LogP contribution < -0.4 is 0 Å². The summed E-state index contributed by atoms with van der Waals surface area (Å²) in [6.07, 6.45) is 0.686. The summed E-state index contributed by atoms with van der Waals surface area (Å²) in [6.45, 7) is 7.07. The third-order valence-electron chi connectivity index (χ3n) is 2.55. The number of hydrogen-bond donors (Lipinski definition) is 0. The maximum atomic E-state index is 11.9. The van der Waals surface area contributed by atoms with Crippen molar-refractivity contribution >= 4 is 33.4 Å². The van der Waals surface area contributed by atoms with Crippen LogP contribution in [0.3, 0.4) is 0 Å². The third-order valence-corrected chi connectivity index (χ3v) is 4.57. The van der Waals surface area contributed by atoms with Crippen LogP contribution in [-0.2, 0) is 17.7 Å². The van der Waals surface area contributed by atoms with E-state index in [0.29, 0.717) is 6.54 Å². The lowest BCUT2D eigenvalue weighted by Crippen LogP contribution is -2.39. The number of nitrogens with zero attached hydrogens (tertiary/aromatic N) is 1. The van der Waals surface area contributed by atoms with Crippen LogP contribution in [-0.4, -0.2) is 23.1 Å². The number of amides is 1. The fourth-order valence-electron chi connectivity index (χ4n) is 1.77. The Labute approximate surface area is 114 Å². The highest BCUT2D eigenvalue weighted by Gasteiger charge is 2.27. The van der Waals surface area contributed by atoms with E-state index in [1.165, 1.54) is 14.9 Å². The maximum Gasteiger partial charge on any atom is 0.410 e. The van der Waals surface area contributed by atoms with E-state index >= 15 is 0 Å². The van der Waals surface area contributed by atoms with E-state index in [1.54, 1.807) is 16.2 Å². The highest BCUT2D eigenvalue weighted by atomic mass is 79.9. The van der Waals surface area contributed by atoms with Gasteiger partial charge in [-0.15, -0.1) is 11.3 Å². The zero-order chi connectivity index (χ0) is 12.6. The molecule has 0 saturated carbocycles. The molecule has 1 aromatic heterocycles. The van der Waals surface area contributed by atoms with Crippen molar-refractivity contribution in [1.82, 2.24) is 4.90 Å². The Morgan fingerprint density at radius 3 is 2.88 bits per heavy atom. The summed E-state index contributed by atoms with van der Waals surface area (Å²) >= 11 is 5.23. The van der Waals surface area contributed by atoms with Gasteiger partial charge in [-0.2, -0.15) is 0 Å².